The van der Waals surface area contributed by atoms with Crippen LogP contribution in [0.5, 0.6) is 0 Å². The fraction of sp³-hybridized carbons (Fsp3) is 0.883. The Labute approximate surface area is 412 Å². The number of allylic oxidation sites excluding steroid dienone is 4. The number of carboxylic acids is 3. The molecule has 0 fully saturated rings. The Morgan fingerprint density at radius 1 is 0.242 bits per heavy atom. The summed E-state index contributed by atoms with van der Waals surface area (Å²) in [4.78, 5) is 31.1. The predicted octanol–water partition coefficient (Wildman–Crippen LogP) is 20.9. The molecule has 6 heteroatoms. The van der Waals surface area contributed by atoms with Crippen LogP contribution >= 0.6 is 0 Å². The van der Waals surface area contributed by atoms with E-state index in [-0.39, 0.29) is 0 Å². The zero-order chi connectivity index (χ0) is 48.9. The molecule has 0 rings (SSSR count). The minimum Gasteiger partial charge on any atom is -0.481 e. The first kappa shape index (κ1) is 68.2. The number of carboxylic acid groups (broad SMARTS) is 3. The van der Waals surface area contributed by atoms with Crippen LogP contribution < -0.4 is 0 Å². The summed E-state index contributed by atoms with van der Waals surface area (Å²) in [5, 5.41) is 25.6. The molecule has 392 valence electrons. The maximum atomic E-state index is 10.4. The molecule has 0 aliphatic heterocycles. The summed E-state index contributed by atoms with van der Waals surface area (Å²) in [6.07, 6.45) is 71.5. The number of carbonyl (C=O) groups is 3. The van der Waals surface area contributed by atoms with Gasteiger partial charge in [0.15, 0.2) is 0 Å². The quantitative estimate of drug-likeness (QED) is 0.0414. The number of hydrogen-bond acceptors (Lipinski definition) is 3. The molecule has 0 saturated carbocycles. The van der Waals surface area contributed by atoms with Gasteiger partial charge in [0.05, 0.1) is 0 Å². The molecule has 0 saturated heterocycles. The molecule has 0 aliphatic carbocycles. The lowest BCUT2D eigenvalue weighted by Gasteiger charge is -2.03. The lowest BCUT2D eigenvalue weighted by molar-refractivity contribution is -0.138. The summed E-state index contributed by atoms with van der Waals surface area (Å²) < 4.78 is 0. The van der Waals surface area contributed by atoms with E-state index in [9.17, 15) is 14.4 Å². The minimum absolute atomic E-state index is 0.324. The highest BCUT2D eigenvalue weighted by atomic mass is 16.4. The molecule has 0 amide bonds. The maximum absolute atomic E-state index is 10.4. The fourth-order valence-electron chi connectivity index (χ4n) is 8.44. The van der Waals surface area contributed by atoms with Crippen molar-refractivity contribution in [2.75, 3.05) is 0 Å². The van der Waals surface area contributed by atoms with Gasteiger partial charge in [-0.1, -0.05) is 295 Å². The Balaban J connectivity index is -0.000000906. The van der Waals surface area contributed by atoms with Gasteiger partial charge in [0.25, 0.3) is 0 Å². The highest BCUT2D eigenvalue weighted by Crippen LogP contribution is 2.17. The van der Waals surface area contributed by atoms with Crippen molar-refractivity contribution in [3.63, 3.8) is 0 Å². The molecular formula is C60H116O6. The van der Waals surface area contributed by atoms with Crippen LogP contribution in [-0.4, -0.2) is 33.2 Å². The van der Waals surface area contributed by atoms with Crippen LogP contribution in [0.4, 0.5) is 0 Å². The zero-order valence-electron chi connectivity index (χ0n) is 44.7. The van der Waals surface area contributed by atoms with Gasteiger partial charge in [-0.2, -0.15) is 0 Å². The van der Waals surface area contributed by atoms with Crippen LogP contribution in [0.15, 0.2) is 24.3 Å². The third-order valence-corrected chi connectivity index (χ3v) is 12.8. The largest absolute Gasteiger partial charge is 0.481 e. The lowest BCUT2D eigenvalue weighted by Crippen LogP contribution is -1.93. The predicted molar refractivity (Wildman–Crippen MR) is 289 cm³/mol. The molecule has 3 N–H and O–H groups in total. The Morgan fingerprint density at radius 2 is 0.409 bits per heavy atom. The Bertz CT molecular complexity index is 990. The zero-order valence-corrected chi connectivity index (χ0v) is 44.7. The van der Waals surface area contributed by atoms with Crippen molar-refractivity contribution in [1.29, 1.82) is 0 Å². The number of hydrogen-bond donors (Lipinski definition) is 3. The molecule has 0 aromatic heterocycles. The van der Waals surface area contributed by atoms with E-state index < -0.39 is 17.9 Å². The van der Waals surface area contributed by atoms with Gasteiger partial charge >= 0.3 is 17.9 Å². The first-order valence-corrected chi connectivity index (χ1v) is 29.3. The van der Waals surface area contributed by atoms with E-state index in [2.05, 4.69) is 45.1 Å². The molecular weight excluding hydrogens is 817 g/mol. The van der Waals surface area contributed by atoms with Gasteiger partial charge in [-0.25, -0.2) is 0 Å². The monoisotopic (exact) mass is 933 g/mol. The van der Waals surface area contributed by atoms with E-state index in [4.69, 9.17) is 15.3 Å². The van der Waals surface area contributed by atoms with Gasteiger partial charge < -0.3 is 15.3 Å². The second-order valence-electron chi connectivity index (χ2n) is 19.7. The lowest BCUT2D eigenvalue weighted by atomic mass is 10.0. The molecule has 0 atom stereocenters. The Morgan fingerprint density at radius 3 is 0.621 bits per heavy atom. The van der Waals surface area contributed by atoms with Crippen LogP contribution in [0.3, 0.4) is 0 Å². The SMILES string of the molecule is CCCCC/C=C\C/C=C\CCCCCCCC(=O)O.CCCCCCCCCCCCCCCCCCCC(=O)O.CCCCCCCCCCCCCCCCCCCCCC(=O)O. The first-order chi connectivity index (χ1) is 32.3. The van der Waals surface area contributed by atoms with Gasteiger partial charge in [-0.05, 0) is 51.4 Å². The first-order valence-electron chi connectivity index (χ1n) is 29.3. The average Bonchev–Trinajstić information content (AvgIpc) is 3.29. The molecule has 6 nitrogen and oxygen atoms in total. The van der Waals surface area contributed by atoms with Crippen molar-refractivity contribution in [2.24, 2.45) is 0 Å². The smallest absolute Gasteiger partial charge is 0.303 e. The fourth-order valence-corrected chi connectivity index (χ4v) is 8.44. The number of rotatable bonds is 52. The van der Waals surface area contributed by atoms with Crippen LogP contribution in [0.25, 0.3) is 0 Å². The van der Waals surface area contributed by atoms with E-state index in [0.29, 0.717) is 19.3 Å². The molecule has 0 aromatic carbocycles. The minimum atomic E-state index is -0.671. The van der Waals surface area contributed by atoms with Crippen molar-refractivity contribution in [3.8, 4) is 0 Å². The number of unbranched alkanes of at least 4 members (excludes halogenated alkanes) is 42. The molecule has 0 aliphatic rings. The Kier molecular flexibility index (Phi) is 67.1. The molecule has 0 unspecified atom stereocenters. The average molecular weight is 934 g/mol. The molecule has 0 bridgehead atoms. The summed E-state index contributed by atoms with van der Waals surface area (Å²) >= 11 is 0. The standard InChI is InChI=1S/C22H44O2.C20H40O2.C18H32O2/c1-2-3-4-5-6-7-8-9-10-11-12-13-14-15-16-17-18-19-20-21-22(23)24;1-2-3-4-5-6-7-8-9-10-11-12-13-14-15-16-17-18-19-20(21)22;1-2-3-4-5-6-7-8-9-10-11-12-13-14-15-16-17-18(19)20/h2-21H2,1H3,(H,23,24);2-19H2,1H3,(H,21,22);6-7,9-10H,2-5,8,11-17H2,1H3,(H,19,20)/b;;7-6-,10-9-. The molecule has 0 heterocycles. The van der Waals surface area contributed by atoms with Crippen LogP contribution in [-0.2, 0) is 14.4 Å². The summed E-state index contributed by atoms with van der Waals surface area (Å²) in [6, 6.07) is 0. The summed E-state index contributed by atoms with van der Waals surface area (Å²) in [7, 11) is 0. The van der Waals surface area contributed by atoms with E-state index in [1.807, 2.05) is 0 Å². The van der Waals surface area contributed by atoms with E-state index in [0.717, 1.165) is 51.4 Å². The van der Waals surface area contributed by atoms with Gasteiger partial charge in [0, 0.05) is 19.3 Å². The Hall–Kier alpha value is -2.11. The van der Waals surface area contributed by atoms with E-state index in [1.165, 1.54) is 250 Å². The van der Waals surface area contributed by atoms with E-state index >= 15 is 0 Å². The van der Waals surface area contributed by atoms with Gasteiger partial charge in [0.1, 0.15) is 0 Å². The van der Waals surface area contributed by atoms with Crippen molar-refractivity contribution in [1.82, 2.24) is 0 Å². The van der Waals surface area contributed by atoms with E-state index in [1.54, 1.807) is 0 Å². The normalized spacial score (nSPS) is 11.2. The summed E-state index contributed by atoms with van der Waals surface area (Å²) in [5.41, 5.74) is 0. The van der Waals surface area contributed by atoms with Gasteiger partial charge in [-0.3, -0.25) is 14.4 Å². The molecule has 0 radical (unpaired) electrons. The third kappa shape index (κ3) is 76.2. The van der Waals surface area contributed by atoms with Crippen molar-refractivity contribution < 1.29 is 29.7 Å². The molecule has 0 aromatic rings. The highest BCUT2D eigenvalue weighted by Gasteiger charge is 2.00. The topological polar surface area (TPSA) is 112 Å². The maximum Gasteiger partial charge on any atom is 0.303 e. The van der Waals surface area contributed by atoms with Crippen LogP contribution in [0.2, 0.25) is 0 Å². The highest BCUT2D eigenvalue weighted by molar-refractivity contribution is 5.67. The van der Waals surface area contributed by atoms with Crippen molar-refractivity contribution in [2.45, 2.75) is 342 Å². The third-order valence-electron chi connectivity index (χ3n) is 12.8. The second kappa shape index (κ2) is 65.0. The second-order valence-corrected chi connectivity index (χ2v) is 19.7. The summed E-state index contributed by atoms with van der Waals surface area (Å²) in [5.74, 6) is -1.97. The van der Waals surface area contributed by atoms with Gasteiger partial charge in [0.2, 0.25) is 0 Å². The van der Waals surface area contributed by atoms with Crippen LogP contribution in [0.1, 0.15) is 342 Å². The summed E-state index contributed by atoms with van der Waals surface area (Å²) in [6.45, 7) is 6.79. The van der Waals surface area contributed by atoms with Crippen molar-refractivity contribution in [3.05, 3.63) is 24.3 Å². The number of aliphatic carboxylic acids is 3. The van der Waals surface area contributed by atoms with Crippen LogP contribution in [0, 0.1) is 0 Å². The molecule has 66 heavy (non-hydrogen) atoms. The molecule has 0 spiro atoms. The van der Waals surface area contributed by atoms with Gasteiger partial charge in [-0.15, -0.1) is 0 Å². The van der Waals surface area contributed by atoms with Crippen molar-refractivity contribution >= 4 is 17.9 Å².